The van der Waals surface area contributed by atoms with Gasteiger partial charge in [-0.3, -0.25) is 4.90 Å². The monoisotopic (exact) mass is 431 g/mol. The van der Waals surface area contributed by atoms with E-state index in [1.54, 1.807) is 0 Å². The van der Waals surface area contributed by atoms with Crippen molar-refractivity contribution in [3.8, 4) is 16.9 Å². The Morgan fingerprint density at radius 1 is 0.969 bits per heavy atom. The Morgan fingerprint density at radius 2 is 1.62 bits per heavy atom. The molecule has 0 radical (unpaired) electrons. The van der Waals surface area contributed by atoms with Crippen LogP contribution >= 0.6 is 0 Å². The Balaban J connectivity index is 1.62. The number of rotatable bonds is 7. The first kappa shape index (κ1) is 22.5. The number of morpholine rings is 1. The first-order valence-corrected chi connectivity index (χ1v) is 11.4. The third-order valence-electron chi connectivity index (χ3n) is 6.04. The van der Waals surface area contributed by atoms with Crippen molar-refractivity contribution in [1.82, 2.24) is 4.90 Å². The first-order chi connectivity index (χ1) is 15.4. The second-order valence-corrected chi connectivity index (χ2v) is 8.94. The maximum absolute atomic E-state index is 11.8. The summed E-state index contributed by atoms with van der Waals surface area (Å²) in [4.78, 5) is 2.36. The second kappa shape index (κ2) is 9.86. The fourth-order valence-electron chi connectivity index (χ4n) is 4.41. The topological polar surface area (TPSA) is 41.9 Å². The molecule has 0 amide bonds. The number of hydrogen-bond donors (Lipinski definition) is 1. The van der Waals surface area contributed by atoms with Crippen LogP contribution in [0.4, 0.5) is 0 Å². The summed E-state index contributed by atoms with van der Waals surface area (Å²) in [6.45, 7) is 8.89. The van der Waals surface area contributed by atoms with E-state index >= 15 is 0 Å². The SMILES string of the molecule is CC(C)Oc1ccccc1-c1ccccc1C(C)(O)C1CN(Cc2ccccc2)CCO1. The minimum absolute atomic E-state index is 0.0667. The number of ether oxygens (including phenoxy) is 2. The van der Waals surface area contributed by atoms with E-state index < -0.39 is 5.60 Å². The van der Waals surface area contributed by atoms with Crippen molar-refractivity contribution in [2.75, 3.05) is 19.7 Å². The van der Waals surface area contributed by atoms with Crippen molar-refractivity contribution in [3.05, 3.63) is 90.0 Å². The molecular weight excluding hydrogens is 398 g/mol. The standard InChI is InChI=1S/C28H33NO3/c1-21(2)32-26-16-10-8-14-24(26)23-13-7-9-15-25(23)28(3,30)27-20-29(17-18-31-27)19-22-11-5-4-6-12-22/h4-16,21,27,30H,17-20H2,1-3H3. The quantitative estimate of drug-likeness (QED) is 0.555. The van der Waals surface area contributed by atoms with Crippen molar-refractivity contribution >= 4 is 0 Å². The van der Waals surface area contributed by atoms with Crippen LogP contribution in [0.1, 0.15) is 31.9 Å². The lowest BCUT2D eigenvalue weighted by Crippen LogP contribution is -2.51. The van der Waals surface area contributed by atoms with Crippen molar-refractivity contribution < 1.29 is 14.6 Å². The van der Waals surface area contributed by atoms with Gasteiger partial charge < -0.3 is 14.6 Å². The van der Waals surface area contributed by atoms with E-state index in [2.05, 4.69) is 41.3 Å². The number of aliphatic hydroxyl groups is 1. The van der Waals surface area contributed by atoms with Crippen LogP contribution in [-0.4, -0.2) is 41.9 Å². The summed E-state index contributed by atoms with van der Waals surface area (Å²) in [5.74, 6) is 0.820. The van der Waals surface area contributed by atoms with Crippen LogP contribution in [0.15, 0.2) is 78.9 Å². The zero-order chi connectivity index (χ0) is 22.6. The first-order valence-electron chi connectivity index (χ1n) is 11.4. The highest BCUT2D eigenvalue weighted by molar-refractivity contribution is 5.74. The van der Waals surface area contributed by atoms with Gasteiger partial charge in [0.1, 0.15) is 17.5 Å². The largest absolute Gasteiger partial charge is 0.490 e. The van der Waals surface area contributed by atoms with E-state index in [0.29, 0.717) is 13.2 Å². The average molecular weight is 432 g/mol. The van der Waals surface area contributed by atoms with Crippen LogP contribution in [0.25, 0.3) is 11.1 Å². The van der Waals surface area contributed by atoms with Crippen molar-refractivity contribution in [3.63, 3.8) is 0 Å². The number of para-hydroxylation sites is 1. The summed E-state index contributed by atoms with van der Waals surface area (Å²) in [5, 5.41) is 11.8. The van der Waals surface area contributed by atoms with E-state index in [-0.39, 0.29) is 12.2 Å². The third-order valence-corrected chi connectivity index (χ3v) is 6.04. The molecule has 0 saturated carbocycles. The van der Waals surface area contributed by atoms with Gasteiger partial charge in [0.15, 0.2) is 0 Å². The van der Waals surface area contributed by atoms with Gasteiger partial charge in [0.05, 0.1) is 12.7 Å². The molecule has 0 spiro atoms. The Hall–Kier alpha value is -2.66. The van der Waals surface area contributed by atoms with E-state index in [1.165, 1.54) is 5.56 Å². The summed E-state index contributed by atoms with van der Waals surface area (Å²) >= 11 is 0. The molecule has 3 aromatic rings. The van der Waals surface area contributed by atoms with E-state index in [1.807, 2.05) is 63.2 Å². The molecule has 1 heterocycles. The molecule has 168 valence electrons. The number of hydrogen-bond acceptors (Lipinski definition) is 4. The predicted molar refractivity (Wildman–Crippen MR) is 129 cm³/mol. The molecule has 1 fully saturated rings. The van der Waals surface area contributed by atoms with Crippen LogP contribution in [0, 0.1) is 0 Å². The lowest BCUT2D eigenvalue weighted by Gasteiger charge is -2.41. The zero-order valence-corrected chi connectivity index (χ0v) is 19.2. The van der Waals surface area contributed by atoms with Crippen LogP contribution < -0.4 is 4.74 Å². The van der Waals surface area contributed by atoms with E-state index in [9.17, 15) is 5.11 Å². The van der Waals surface area contributed by atoms with Gasteiger partial charge >= 0.3 is 0 Å². The number of benzene rings is 3. The Kier molecular flexibility index (Phi) is 6.95. The zero-order valence-electron chi connectivity index (χ0n) is 19.2. The summed E-state index contributed by atoms with van der Waals surface area (Å²) in [5.41, 5.74) is 2.92. The molecule has 4 heteroatoms. The predicted octanol–water partition coefficient (Wildman–Crippen LogP) is 5.25. The van der Waals surface area contributed by atoms with E-state index in [4.69, 9.17) is 9.47 Å². The molecule has 0 aliphatic carbocycles. The third kappa shape index (κ3) is 5.04. The van der Waals surface area contributed by atoms with Crippen LogP contribution in [0.2, 0.25) is 0 Å². The molecule has 0 aromatic heterocycles. The summed E-state index contributed by atoms with van der Waals surface area (Å²) in [7, 11) is 0. The fraction of sp³-hybridized carbons (Fsp3) is 0.357. The average Bonchev–Trinajstić information content (AvgIpc) is 2.80. The minimum atomic E-state index is -1.16. The van der Waals surface area contributed by atoms with E-state index in [0.717, 1.165) is 35.5 Å². The Labute approximate surface area is 191 Å². The van der Waals surface area contributed by atoms with Gasteiger partial charge in [-0.1, -0.05) is 72.8 Å². The molecular formula is C28H33NO3. The summed E-state index contributed by atoms with van der Waals surface area (Å²) in [6, 6.07) is 26.5. The molecule has 2 unspecified atom stereocenters. The molecule has 1 aliphatic heterocycles. The molecule has 32 heavy (non-hydrogen) atoms. The van der Waals surface area contributed by atoms with Crippen molar-refractivity contribution in [1.29, 1.82) is 0 Å². The maximum Gasteiger partial charge on any atom is 0.127 e. The van der Waals surface area contributed by atoms with Crippen molar-refractivity contribution in [2.24, 2.45) is 0 Å². The second-order valence-electron chi connectivity index (χ2n) is 8.94. The maximum atomic E-state index is 11.8. The molecule has 4 rings (SSSR count). The molecule has 3 aromatic carbocycles. The highest BCUT2D eigenvalue weighted by atomic mass is 16.5. The normalized spacial score (nSPS) is 19.0. The Bertz CT molecular complexity index is 1020. The molecule has 4 nitrogen and oxygen atoms in total. The fourth-order valence-corrected chi connectivity index (χ4v) is 4.41. The lowest BCUT2D eigenvalue weighted by atomic mass is 9.83. The van der Waals surface area contributed by atoms with Gasteiger partial charge in [0, 0.05) is 25.2 Å². The van der Waals surface area contributed by atoms with Gasteiger partial charge in [0.2, 0.25) is 0 Å². The molecule has 2 atom stereocenters. The van der Waals surface area contributed by atoms with Gasteiger partial charge in [-0.15, -0.1) is 0 Å². The highest BCUT2D eigenvalue weighted by Crippen LogP contribution is 2.39. The minimum Gasteiger partial charge on any atom is -0.490 e. The van der Waals surface area contributed by atoms with Gasteiger partial charge in [-0.05, 0) is 43.5 Å². The van der Waals surface area contributed by atoms with Crippen LogP contribution in [0.3, 0.4) is 0 Å². The van der Waals surface area contributed by atoms with Crippen LogP contribution in [-0.2, 0) is 16.9 Å². The summed E-state index contributed by atoms with van der Waals surface area (Å²) in [6.07, 6.45) is -0.267. The van der Waals surface area contributed by atoms with Crippen molar-refractivity contribution in [2.45, 2.75) is 45.1 Å². The van der Waals surface area contributed by atoms with Gasteiger partial charge in [-0.25, -0.2) is 0 Å². The Morgan fingerprint density at radius 3 is 2.38 bits per heavy atom. The molecule has 1 saturated heterocycles. The molecule has 1 aliphatic rings. The number of nitrogens with zero attached hydrogens (tertiary/aromatic N) is 1. The lowest BCUT2D eigenvalue weighted by molar-refractivity contribution is -0.141. The molecule has 0 bridgehead atoms. The van der Waals surface area contributed by atoms with Crippen LogP contribution in [0.5, 0.6) is 5.75 Å². The summed E-state index contributed by atoms with van der Waals surface area (Å²) < 4.78 is 12.2. The van der Waals surface area contributed by atoms with Gasteiger partial charge in [0.25, 0.3) is 0 Å². The van der Waals surface area contributed by atoms with Gasteiger partial charge in [-0.2, -0.15) is 0 Å². The smallest absolute Gasteiger partial charge is 0.127 e. The molecule has 1 N–H and O–H groups in total. The highest BCUT2D eigenvalue weighted by Gasteiger charge is 2.39.